The molecule has 3 aromatic rings. The molecule has 0 aliphatic carbocycles. The Morgan fingerprint density at radius 1 is 1.00 bits per heavy atom. The van der Waals surface area contributed by atoms with E-state index in [0.717, 1.165) is 36.0 Å². The number of sulfonamides is 1. The lowest BCUT2D eigenvalue weighted by atomic mass is 10.0. The van der Waals surface area contributed by atoms with Gasteiger partial charge in [0, 0.05) is 31.6 Å². The second-order valence-electron chi connectivity index (χ2n) is 8.40. The molecule has 30 heavy (non-hydrogen) atoms. The number of hydrogen-bond acceptors (Lipinski definition) is 5. The van der Waals surface area contributed by atoms with Crippen molar-refractivity contribution in [1.29, 1.82) is 0 Å². The maximum atomic E-state index is 13.2. The smallest absolute Gasteiger partial charge is 0.243 e. The zero-order chi connectivity index (χ0) is 21.1. The Hall–Kier alpha value is -2.22. The molecule has 0 amide bonds. The lowest BCUT2D eigenvalue weighted by Crippen LogP contribution is -2.35. The van der Waals surface area contributed by atoms with Crippen LogP contribution in [0.25, 0.3) is 11.0 Å². The van der Waals surface area contributed by atoms with Gasteiger partial charge in [0.1, 0.15) is 5.69 Å². The number of aromatic nitrogens is 1. The van der Waals surface area contributed by atoms with E-state index in [1.54, 1.807) is 16.4 Å². The molecule has 1 saturated heterocycles. The zero-order valence-corrected chi connectivity index (χ0v) is 18.4. The largest absolute Gasteiger partial charge is 0.356 e. The number of nitrogens with zero attached hydrogens (tertiary/aromatic N) is 3. The molecule has 160 valence electrons. The summed E-state index contributed by atoms with van der Waals surface area (Å²) in [5, 5.41) is 5.24. The molecule has 0 spiro atoms. The summed E-state index contributed by atoms with van der Waals surface area (Å²) in [5.41, 5.74) is 2.86. The van der Waals surface area contributed by atoms with Crippen LogP contribution in [0.5, 0.6) is 0 Å². The van der Waals surface area contributed by atoms with Crippen LogP contribution in [0, 0.1) is 5.92 Å². The van der Waals surface area contributed by atoms with E-state index < -0.39 is 10.0 Å². The normalized spacial score (nSPS) is 16.9. The summed E-state index contributed by atoms with van der Waals surface area (Å²) in [7, 11) is -3.48. The van der Waals surface area contributed by atoms with Gasteiger partial charge in [0.25, 0.3) is 0 Å². The van der Waals surface area contributed by atoms with Gasteiger partial charge in [-0.1, -0.05) is 43.3 Å². The van der Waals surface area contributed by atoms with Crippen molar-refractivity contribution >= 4 is 21.0 Å². The van der Waals surface area contributed by atoms with Crippen molar-refractivity contribution < 1.29 is 12.9 Å². The van der Waals surface area contributed by atoms with Crippen molar-refractivity contribution in [1.82, 2.24) is 14.4 Å². The third kappa shape index (κ3) is 4.58. The van der Waals surface area contributed by atoms with E-state index in [1.165, 1.54) is 5.56 Å². The second-order valence-corrected chi connectivity index (χ2v) is 10.3. The summed E-state index contributed by atoms with van der Waals surface area (Å²) in [6, 6.07) is 15.2. The first-order valence-electron chi connectivity index (χ1n) is 10.6. The van der Waals surface area contributed by atoms with Gasteiger partial charge in [-0.15, -0.1) is 0 Å². The molecule has 1 aromatic heterocycles. The van der Waals surface area contributed by atoms with Crippen LogP contribution >= 0.6 is 0 Å². The quantitative estimate of drug-likeness (QED) is 0.596. The van der Waals surface area contributed by atoms with E-state index in [4.69, 9.17) is 4.52 Å². The first-order valence-corrected chi connectivity index (χ1v) is 12.0. The molecule has 7 heteroatoms. The molecular formula is C23H29N3O3S. The van der Waals surface area contributed by atoms with Crippen LogP contribution in [0.2, 0.25) is 0 Å². The standard InChI is InChI=1S/C23H29N3O3S/c1-18(2)16-19-8-10-20(11-9-19)30(27,28)26-13-5-12-25(14-15-26)17-22-21-6-3-4-7-23(21)29-24-22/h3-4,6-11,18H,5,12-17H2,1-2H3. The minimum atomic E-state index is -3.48. The van der Waals surface area contributed by atoms with E-state index in [0.29, 0.717) is 37.0 Å². The molecule has 1 aliphatic heterocycles. The van der Waals surface area contributed by atoms with Gasteiger partial charge in [0.05, 0.1) is 4.90 Å². The molecule has 0 saturated carbocycles. The van der Waals surface area contributed by atoms with Gasteiger partial charge < -0.3 is 4.52 Å². The maximum Gasteiger partial charge on any atom is 0.243 e. The molecule has 1 aliphatic rings. The highest BCUT2D eigenvalue weighted by molar-refractivity contribution is 7.89. The van der Waals surface area contributed by atoms with Gasteiger partial charge in [-0.25, -0.2) is 8.42 Å². The van der Waals surface area contributed by atoms with E-state index in [1.807, 2.05) is 36.4 Å². The predicted octanol–water partition coefficient (Wildman–Crippen LogP) is 3.92. The van der Waals surface area contributed by atoms with Gasteiger partial charge in [-0.3, -0.25) is 4.90 Å². The fraction of sp³-hybridized carbons (Fsp3) is 0.435. The average molecular weight is 428 g/mol. The molecule has 0 atom stereocenters. The SMILES string of the molecule is CC(C)Cc1ccc(S(=O)(=O)N2CCCN(Cc3noc4ccccc34)CC2)cc1. The van der Waals surface area contributed by atoms with Crippen molar-refractivity contribution in [2.45, 2.75) is 38.1 Å². The molecule has 4 rings (SSSR count). The number of para-hydroxylation sites is 1. The first-order chi connectivity index (χ1) is 14.4. The van der Waals surface area contributed by atoms with Crippen LogP contribution in [-0.4, -0.2) is 49.0 Å². The molecule has 1 fully saturated rings. The highest BCUT2D eigenvalue weighted by Crippen LogP contribution is 2.22. The molecular weight excluding hydrogens is 398 g/mol. The highest BCUT2D eigenvalue weighted by Gasteiger charge is 2.27. The third-order valence-electron chi connectivity index (χ3n) is 5.58. The van der Waals surface area contributed by atoms with E-state index in [-0.39, 0.29) is 0 Å². The summed E-state index contributed by atoms with van der Waals surface area (Å²) >= 11 is 0. The molecule has 0 radical (unpaired) electrons. The van der Waals surface area contributed by atoms with E-state index >= 15 is 0 Å². The Kier molecular flexibility index (Phi) is 6.22. The molecule has 2 aromatic carbocycles. The van der Waals surface area contributed by atoms with Gasteiger partial charge in [0.15, 0.2) is 5.58 Å². The van der Waals surface area contributed by atoms with E-state index in [2.05, 4.69) is 23.9 Å². The topological polar surface area (TPSA) is 66.7 Å². The predicted molar refractivity (Wildman–Crippen MR) is 118 cm³/mol. The van der Waals surface area contributed by atoms with E-state index in [9.17, 15) is 8.42 Å². The minimum absolute atomic E-state index is 0.381. The number of benzene rings is 2. The fourth-order valence-corrected chi connectivity index (χ4v) is 5.50. The Morgan fingerprint density at radius 3 is 2.53 bits per heavy atom. The van der Waals surface area contributed by atoms with Gasteiger partial charge in [0.2, 0.25) is 10.0 Å². The van der Waals surface area contributed by atoms with Crippen LogP contribution in [0.1, 0.15) is 31.5 Å². The summed E-state index contributed by atoms with van der Waals surface area (Å²) in [6.07, 6.45) is 1.75. The summed E-state index contributed by atoms with van der Waals surface area (Å²) in [6.45, 7) is 7.50. The summed E-state index contributed by atoms with van der Waals surface area (Å²) in [5.74, 6) is 0.547. The van der Waals surface area contributed by atoms with Crippen molar-refractivity contribution in [3.05, 3.63) is 59.8 Å². The van der Waals surface area contributed by atoms with Crippen LogP contribution in [0.3, 0.4) is 0 Å². The summed E-state index contributed by atoms with van der Waals surface area (Å²) < 4.78 is 33.3. The molecule has 0 bridgehead atoms. The van der Waals surface area contributed by atoms with Crippen LogP contribution in [-0.2, 0) is 23.0 Å². The average Bonchev–Trinajstić information content (AvgIpc) is 2.97. The van der Waals surface area contributed by atoms with Crippen LogP contribution < -0.4 is 0 Å². The second kappa shape index (κ2) is 8.88. The minimum Gasteiger partial charge on any atom is -0.356 e. The molecule has 0 unspecified atom stereocenters. The van der Waals surface area contributed by atoms with Gasteiger partial charge >= 0.3 is 0 Å². The van der Waals surface area contributed by atoms with Gasteiger partial charge in [-0.2, -0.15) is 4.31 Å². The van der Waals surface area contributed by atoms with Crippen molar-refractivity contribution in [3.8, 4) is 0 Å². The molecule has 2 heterocycles. The van der Waals surface area contributed by atoms with Crippen LogP contribution in [0.4, 0.5) is 0 Å². The Bertz CT molecular complexity index is 1090. The Morgan fingerprint density at radius 2 is 1.77 bits per heavy atom. The maximum absolute atomic E-state index is 13.2. The lowest BCUT2D eigenvalue weighted by Gasteiger charge is -2.21. The fourth-order valence-electron chi connectivity index (χ4n) is 4.03. The molecule has 6 nitrogen and oxygen atoms in total. The summed E-state index contributed by atoms with van der Waals surface area (Å²) in [4.78, 5) is 2.64. The Labute approximate surface area is 178 Å². The monoisotopic (exact) mass is 427 g/mol. The number of rotatable bonds is 6. The third-order valence-corrected chi connectivity index (χ3v) is 7.49. The highest BCUT2D eigenvalue weighted by atomic mass is 32.2. The number of hydrogen-bond donors (Lipinski definition) is 0. The molecule has 0 N–H and O–H groups in total. The van der Waals surface area contributed by atoms with Crippen molar-refractivity contribution in [2.75, 3.05) is 26.2 Å². The van der Waals surface area contributed by atoms with Gasteiger partial charge in [-0.05, 0) is 55.1 Å². The number of fused-ring (bicyclic) bond motifs is 1. The lowest BCUT2D eigenvalue weighted by molar-refractivity contribution is 0.270. The zero-order valence-electron chi connectivity index (χ0n) is 17.6. The van der Waals surface area contributed by atoms with Crippen molar-refractivity contribution in [3.63, 3.8) is 0 Å². The van der Waals surface area contributed by atoms with Crippen molar-refractivity contribution in [2.24, 2.45) is 5.92 Å². The Balaban J connectivity index is 1.43. The van der Waals surface area contributed by atoms with Crippen LogP contribution in [0.15, 0.2) is 57.9 Å². The first kappa shape index (κ1) is 21.0.